The number of hydrogen-bond acceptors (Lipinski definition) is 4. The summed E-state index contributed by atoms with van der Waals surface area (Å²) >= 11 is 5.72. The SMILES string of the molecule is COc1ccc(CCn2cc(Cl)c([N+](=O)[O-])n2)cc1. The first-order chi connectivity index (χ1) is 9.10. The zero-order valence-electron chi connectivity index (χ0n) is 10.2. The molecule has 1 aromatic carbocycles. The number of rotatable bonds is 5. The van der Waals surface area contributed by atoms with Gasteiger partial charge in [-0.25, -0.2) is 0 Å². The van der Waals surface area contributed by atoms with E-state index in [1.807, 2.05) is 24.3 Å². The number of methoxy groups -OCH3 is 1. The topological polar surface area (TPSA) is 70.2 Å². The number of nitrogens with zero attached hydrogens (tertiary/aromatic N) is 3. The molecule has 6 nitrogen and oxygen atoms in total. The van der Waals surface area contributed by atoms with Crippen molar-refractivity contribution in [1.82, 2.24) is 9.78 Å². The van der Waals surface area contributed by atoms with Crippen LogP contribution < -0.4 is 4.74 Å². The van der Waals surface area contributed by atoms with Gasteiger partial charge in [-0.2, -0.15) is 4.68 Å². The van der Waals surface area contributed by atoms with Crippen LogP contribution in [0, 0.1) is 10.1 Å². The number of aryl methyl sites for hydroxylation is 2. The molecule has 1 heterocycles. The summed E-state index contributed by atoms with van der Waals surface area (Å²) in [6, 6.07) is 7.62. The van der Waals surface area contributed by atoms with Gasteiger partial charge in [0.15, 0.2) is 5.02 Å². The van der Waals surface area contributed by atoms with Gasteiger partial charge in [-0.15, -0.1) is 0 Å². The number of halogens is 1. The van der Waals surface area contributed by atoms with Crippen LogP contribution in [0.3, 0.4) is 0 Å². The molecule has 0 saturated heterocycles. The molecule has 0 saturated carbocycles. The van der Waals surface area contributed by atoms with Crippen molar-refractivity contribution < 1.29 is 9.66 Å². The maximum absolute atomic E-state index is 10.6. The van der Waals surface area contributed by atoms with E-state index >= 15 is 0 Å². The Kier molecular flexibility index (Phi) is 4.01. The van der Waals surface area contributed by atoms with Crippen LogP contribution in [0.5, 0.6) is 5.75 Å². The molecule has 0 fully saturated rings. The minimum atomic E-state index is -0.591. The molecule has 0 aliphatic heterocycles. The van der Waals surface area contributed by atoms with Crippen LogP contribution in [0.4, 0.5) is 5.82 Å². The molecule has 2 aromatic rings. The van der Waals surface area contributed by atoms with Gasteiger partial charge in [0.1, 0.15) is 5.75 Å². The van der Waals surface area contributed by atoms with Gasteiger partial charge in [-0.1, -0.05) is 23.7 Å². The van der Waals surface area contributed by atoms with Gasteiger partial charge in [0.05, 0.1) is 25.0 Å². The quantitative estimate of drug-likeness (QED) is 0.624. The van der Waals surface area contributed by atoms with Crippen molar-refractivity contribution in [3.8, 4) is 5.75 Å². The van der Waals surface area contributed by atoms with Crippen LogP contribution in [0.25, 0.3) is 0 Å². The summed E-state index contributed by atoms with van der Waals surface area (Å²) in [4.78, 5) is 10.0. The molecule has 0 aliphatic carbocycles. The highest BCUT2D eigenvalue weighted by Crippen LogP contribution is 2.21. The van der Waals surface area contributed by atoms with Gasteiger partial charge in [0.2, 0.25) is 0 Å². The fraction of sp³-hybridized carbons (Fsp3) is 0.250. The van der Waals surface area contributed by atoms with Gasteiger partial charge >= 0.3 is 5.82 Å². The van der Waals surface area contributed by atoms with Crippen LogP contribution in [0.1, 0.15) is 5.56 Å². The lowest BCUT2D eigenvalue weighted by molar-refractivity contribution is -0.389. The average molecular weight is 282 g/mol. The van der Waals surface area contributed by atoms with Gasteiger partial charge in [0, 0.05) is 0 Å². The van der Waals surface area contributed by atoms with Crippen LogP contribution in [0.2, 0.25) is 5.02 Å². The molecule has 0 bridgehead atoms. The molecule has 0 unspecified atom stereocenters. The third kappa shape index (κ3) is 3.23. The summed E-state index contributed by atoms with van der Waals surface area (Å²) in [5.41, 5.74) is 1.09. The maximum atomic E-state index is 10.6. The Bertz CT molecular complexity index is 580. The molecule has 0 N–H and O–H groups in total. The highest BCUT2D eigenvalue weighted by atomic mass is 35.5. The summed E-state index contributed by atoms with van der Waals surface area (Å²) in [6.45, 7) is 0.528. The predicted octanol–water partition coefficient (Wildman–Crippen LogP) is 2.70. The summed E-state index contributed by atoms with van der Waals surface area (Å²) in [5.74, 6) is 0.484. The van der Waals surface area contributed by atoms with E-state index in [1.165, 1.54) is 10.9 Å². The fourth-order valence-electron chi connectivity index (χ4n) is 1.66. The largest absolute Gasteiger partial charge is 0.497 e. The summed E-state index contributed by atoms with van der Waals surface area (Å²) in [7, 11) is 1.61. The molecule has 2 rings (SSSR count). The zero-order valence-corrected chi connectivity index (χ0v) is 11.0. The molecule has 1 aromatic heterocycles. The zero-order chi connectivity index (χ0) is 13.8. The highest BCUT2D eigenvalue weighted by Gasteiger charge is 2.18. The molecule has 0 amide bonds. The van der Waals surface area contributed by atoms with E-state index in [9.17, 15) is 10.1 Å². The second kappa shape index (κ2) is 5.71. The van der Waals surface area contributed by atoms with Crippen molar-refractivity contribution in [3.05, 3.63) is 51.2 Å². The first kappa shape index (κ1) is 13.4. The predicted molar refractivity (Wildman–Crippen MR) is 70.6 cm³/mol. The normalized spacial score (nSPS) is 10.4. The Morgan fingerprint density at radius 3 is 2.63 bits per heavy atom. The first-order valence-electron chi connectivity index (χ1n) is 5.60. The van der Waals surface area contributed by atoms with Crippen LogP contribution >= 0.6 is 11.6 Å². The monoisotopic (exact) mass is 281 g/mol. The van der Waals surface area contributed by atoms with Gasteiger partial charge in [-0.05, 0) is 29.0 Å². The smallest absolute Gasteiger partial charge is 0.408 e. The van der Waals surface area contributed by atoms with Crippen molar-refractivity contribution in [2.75, 3.05) is 7.11 Å². The van der Waals surface area contributed by atoms with Crippen LogP contribution in [-0.4, -0.2) is 21.8 Å². The molecule has 0 spiro atoms. The molecular weight excluding hydrogens is 270 g/mol. The molecule has 100 valence electrons. The summed E-state index contributed by atoms with van der Waals surface area (Å²) < 4.78 is 6.54. The van der Waals surface area contributed by atoms with Crippen LogP contribution in [0.15, 0.2) is 30.5 Å². The maximum Gasteiger partial charge on any atom is 0.408 e. The van der Waals surface area contributed by atoms with E-state index in [1.54, 1.807) is 7.11 Å². The van der Waals surface area contributed by atoms with Crippen molar-refractivity contribution >= 4 is 17.4 Å². The lowest BCUT2D eigenvalue weighted by Gasteiger charge is -2.02. The van der Waals surface area contributed by atoms with Crippen molar-refractivity contribution in [3.63, 3.8) is 0 Å². The standard InChI is InChI=1S/C12H12ClN3O3/c1-19-10-4-2-9(3-5-10)6-7-15-8-11(13)12(14-15)16(17)18/h2-5,8H,6-7H2,1H3. The molecule has 0 radical (unpaired) electrons. The van der Waals surface area contributed by atoms with E-state index in [0.29, 0.717) is 13.0 Å². The Balaban J connectivity index is 2.01. The van der Waals surface area contributed by atoms with E-state index in [4.69, 9.17) is 16.3 Å². The van der Waals surface area contributed by atoms with Crippen LogP contribution in [-0.2, 0) is 13.0 Å². The Morgan fingerprint density at radius 2 is 2.11 bits per heavy atom. The minimum absolute atomic E-state index is 0.0553. The minimum Gasteiger partial charge on any atom is -0.497 e. The van der Waals surface area contributed by atoms with Gasteiger partial charge in [0.25, 0.3) is 0 Å². The number of nitro groups is 1. The Labute approximate surface area is 114 Å². The third-order valence-electron chi connectivity index (χ3n) is 2.66. The van der Waals surface area contributed by atoms with Gasteiger partial charge in [-0.3, -0.25) is 0 Å². The van der Waals surface area contributed by atoms with E-state index < -0.39 is 4.92 Å². The second-order valence-corrected chi connectivity index (χ2v) is 4.33. The molecule has 7 heteroatoms. The van der Waals surface area contributed by atoms with Crippen molar-refractivity contribution in [2.24, 2.45) is 0 Å². The molecule has 19 heavy (non-hydrogen) atoms. The Hall–Kier alpha value is -2.08. The number of aromatic nitrogens is 2. The third-order valence-corrected chi connectivity index (χ3v) is 2.93. The summed E-state index contributed by atoms with van der Waals surface area (Å²) in [6.07, 6.45) is 2.17. The van der Waals surface area contributed by atoms with Crippen molar-refractivity contribution in [2.45, 2.75) is 13.0 Å². The Morgan fingerprint density at radius 1 is 1.42 bits per heavy atom. The first-order valence-corrected chi connectivity index (χ1v) is 5.98. The van der Waals surface area contributed by atoms with E-state index in [2.05, 4.69) is 5.10 Å². The van der Waals surface area contributed by atoms with E-state index in [0.717, 1.165) is 11.3 Å². The second-order valence-electron chi connectivity index (χ2n) is 3.92. The number of benzene rings is 1. The fourth-order valence-corrected chi connectivity index (χ4v) is 1.88. The lowest BCUT2D eigenvalue weighted by Crippen LogP contribution is -2.02. The molecular formula is C12H12ClN3O3. The number of ether oxygens (including phenoxy) is 1. The molecule has 0 aliphatic rings. The van der Waals surface area contributed by atoms with E-state index in [-0.39, 0.29) is 10.8 Å². The highest BCUT2D eigenvalue weighted by molar-refractivity contribution is 6.32. The molecule has 0 atom stereocenters. The summed E-state index contributed by atoms with van der Waals surface area (Å²) in [5, 5.41) is 14.5. The van der Waals surface area contributed by atoms with Gasteiger partial charge < -0.3 is 14.9 Å². The van der Waals surface area contributed by atoms with Crippen molar-refractivity contribution in [1.29, 1.82) is 0 Å². The average Bonchev–Trinajstić information content (AvgIpc) is 2.78. The number of hydrogen-bond donors (Lipinski definition) is 0. The lowest BCUT2D eigenvalue weighted by atomic mass is 10.1.